The second-order valence-corrected chi connectivity index (χ2v) is 12.6. The Morgan fingerprint density at radius 3 is 0.867 bits per heavy atom. The molecule has 2 aliphatic carbocycles. The van der Waals surface area contributed by atoms with Crippen LogP contribution in [0.3, 0.4) is 0 Å². The van der Waals surface area contributed by atoms with E-state index in [2.05, 4.69) is 133 Å². The Bertz CT molecular complexity index is 2270. The first-order valence-electron chi connectivity index (χ1n) is 18.7. The number of hydrogen-bond acceptors (Lipinski definition) is 6. The van der Waals surface area contributed by atoms with Gasteiger partial charge in [0.2, 0.25) is 0 Å². The van der Waals surface area contributed by atoms with E-state index in [-0.39, 0.29) is 63.9 Å². The maximum Gasteiger partial charge on any atom is 2.00 e. The van der Waals surface area contributed by atoms with E-state index in [4.69, 9.17) is 18.9 Å². The Kier molecular flexibility index (Phi) is 21.7. The predicted molar refractivity (Wildman–Crippen MR) is 235 cm³/mol. The number of fused-ring (bicyclic) bond motifs is 6. The molecule has 0 spiro atoms. The molecule has 10 rings (SSSR count). The van der Waals surface area contributed by atoms with Crippen molar-refractivity contribution in [3.8, 4) is 34.5 Å². The average molecular weight is 949 g/mol. The first-order chi connectivity index (χ1) is 28.5. The molecule has 8 aromatic rings. The van der Waals surface area contributed by atoms with Gasteiger partial charge in [0, 0.05) is 0 Å². The molecule has 0 aromatic heterocycles. The van der Waals surface area contributed by atoms with E-state index in [9.17, 15) is 10.2 Å². The summed E-state index contributed by atoms with van der Waals surface area (Å²) in [6.07, 6.45) is 20.0. The number of allylic oxidation sites excluding steroid dienone is 8. The molecule has 0 atom stereocenters. The fourth-order valence-electron chi connectivity index (χ4n) is 6.12. The fourth-order valence-corrected chi connectivity index (χ4v) is 6.12. The first-order valence-corrected chi connectivity index (χ1v) is 18.7. The summed E-state index contributed by atoms with van der Waals surface area (Å²) in [5.41, 5.74) is 0. The molecule has 8 heteroatoms. The maximum atomic E-state index is 11.2. The average Bonchev–Trinajstić information content (AvgIpc) is 4.14. The van der Waals surface area contributed by atoms with Gasteiger partial charge in [-0.05, 0) is 35.8 Å². The molecule has 300 valence electrons. The molecule has 0 radical (unpaired) electrons. The Labute approximate surface area is 391 Å². The van der Waals surface area contributed by atoms with Crippen LogP contribution in [-0.4, -0.2) is 28.4 Å². The van der Waals surface area contributed by atoms with Crippen LogP contribution in [0.1, 0.15) is 12.8 Å². The van der Waals surface area contributed by atoms with Crippen molar-refractivity contribution in [1.82, 2.24) is 0 Å². The topological polar surface area (TPSA) is 83.0 Å². The maximum absolute atomic E-state index is 11.2. The van der Waals surface area contributed by atoms with Gasteiger partial charge in [-0.15, -0.1) is 92.3 Å². The number of hydrogen-bond donors (Lipinski definition) is 0. The van der Waals surface area contributed by atoms with Crippen molar-refractivity contribution >= 4 is 43.1 Å². The SMILES string of the molecule is COc1cccc(OC)c1[O-].COc1cccc(OC)c1[O-].[C-]1=CC=CC1.[C-]1=CC=CC1.[Zr+2].[Zr+2].c1ccc2c(c1)[cH-]c1ccccc12.c1ccc2c(c1)[cH-]c1ccccc12. The van der Waals surface area contributed by atoms with Crippen molar-refractivity contribution in [3.63, 3.8) is 0 Å². The minimum atomic E-state index is -0.211. The zero-order valence-electron chi connectivity index (χ0n) is 34.2. The molecular weight excluding hydrogens is 903 g/mol. The predicted octanol–water partition coefficient (Wildman–Crippen LogP) is 11.6. The second-order valence-electron chi connectivity index (χ2n) is 12.6. The zero-order chi connectivity index (χ0) is 41.0. The second kappa shape index (κ2) is 26.6. The van der Waals surface area contributed by atoms with Crippen molar-refractivity contribution < 1.29 is 81.6 Å². The summed E-state index contributed by atoms with van der Waals surface area (Å²) in [4.78, 5) is 0. The number of para-hydroxylation sites is 2. The van der Waals surface area contributed by atoms with Gasteiger partial charge < -0.3 is 29.2 Å². The molecule has 0 saturated heterocycles. The Hall–Kier alpha value is -5.41. The molecular formula is C52H46O6Zr2-2. The van der Waals surface area contributed by atoms with Gasteiger partial charge in [0.25, 0.3) is 0 Å². The van der Waals surface area contributed by atoms with Gasteiger partial charge in [0.15, 0.2) is 0 Å². The van der Waals surface area contributed by atoms with Gasteiger partial charge in [0.05, 0.1) is 28.4 Å². The molecule has 0 heterocycles. The smallest absolute Gasteiger partial charge is 0.867 e. The van der Waals surface area contributed by atoms with Crippen LogP contribution in [0.25, 0.3) is 43.1 Å². The third-order valence-electron chi connectivity index (χ3n) is 8.98. The molecule has 0 fully saturated rings. The van der Waals surface area contributed by atoms with E-state index in [0.29, 0.717) is 23.0 Å². The van der Waals surface area contributed by atoms with Crippen LogP contribution in [-0.2, 0) is 52.4 Å². The number of rotatable bonds is 4. The zero-order valence-corrected chi connectivity index (χ0v) is 39.1. The molecule has 6 nitrogen and oxygen atoms in total. The summed E-state index contributed by atoms with van der Waals surface area (Å²) < 4.78 is 19.2. The Balaban J connectivity index is 0.000000197. The largest absolute Gasteiger partial charge is 2.00 e. The summed E-state index contributed by atoms with van der Waals surface area (Å²) in [5, 5.41) is 33.1. The molecule has 60 heavy (non-hydrogen) atoms. The van der Waals surface area contributed by atoms with Crippen LogP contribution in [0, 0.1) is 12.2 Å². The summed E-state index contributed by atoms with van der Waals surface area (Å²) in [6, 6.07) is 48.4. The minimum Gasteiger partial charge on any atom is -0.867 e. The monoisotopic (exact) mass is 946 g/mol. The molecule has 0 amide bonds. The number of benzene rings is 6. The van der Waals surface area contributed by atoms with Gasteiger partial charge in [-0.1, -0.05) is 84.9 Å². The van der Waals surface area contributed by atoms with Crippen LogP contribution in [0.4, 0.5) is 0 Å². The summed E-state index contributed by atoms with van der Waals surface area (Å²) in [5.74, 6) is 0.817. The van der Waals surface area contributed by atoms with E-state index in [1.807, 2.05) is 24.3 Å². The van der Waals surface area contributed by atoms with E-state index in [0.717, 1.165) is 12.8 Å². The van der Waals surface area contributed by atoms with Crippen molar-refractivity contribution in [1.29, 1.82) is 0 Å². The van der Waals surface area contributed by atoms with Gasteiger partial charge in [0.1, 0.15) is 23.0 Å². The van der Waals surface area contributed by atoms with E-state index < -0.39 is 0 Å². The van der Waals surface area contributed by atoms with Crippen LogP contribution in [0.2, 0.25) is 0 Å². The number of ether oxygens (including phenoxy) is 4. The van der Waals surface area contributed by atoms with E-state index in [1.165, 1.54) is 71.5 Å². The number of methoxy groups -OCH3 is 4. The van der Waals surface area contributed by atoms with Gasteiger partial charge in [-0.25, -0.2) is 24.3 Å². The molecule has 0 N–H and O–H groups in total. The molecule has 2 aliphatic rings. The summed E-state index contributed by atoms with van der Waals surface area (Å²) in [7, 11) is 5.82. The van der Waals surface area contributed by atoms with Crippen molar-refractivity contribution in [2.75, 3.05) is 28.4 Å². The van der Waals surface area contributed by atoms with E-state index >= 15 is 0 Å². The van der Waals surface area contributed by atoms with Gasteiger partial charge in [-0.3, -0.25) is 12.2 Å². The molecule has 0 unspecified atom stereocenters. The standard InChI is InChI=1S/2C13H9.2C8H10O3.2C5H5.2Zr/c2*1-3-7-12-10(5-1)9-11-6-2-4-8-13(11)12;2*1-10-6-4-3-5-7(11-2)8(6)9;2*1-2-4-5-3-1;;/h2*1-9H;2*3-5,9H,1-2H3;2*1-3H,4H2;;/q2*-1;;;2*-1;2*+2/p-2. The van der Waals surface area contributed by atoms with Crippen LogP contribution < -0.4 is 29.2 Å². The van der Waals surface area contributed by atoms with Gasteiger partial charge in [-0.2, -0.15) is 12.2 Å². The van der Waals surface area contributed by atoms with Crippen LogP contribution in [0.15, 0.2) is 182 Å². The van der Waals surface area contributed by atoms with Gasteiger partial charge >= 0.3 is 52.4 Å². The molecule has 8 aromatic carbocycles. The summed E-state index contributed by atoms with van der Waals surface area (Å²) >= 11 is 0. The normalized spacial score (nSPS) is 11.1. The van der Waals surface area contributed by atoms with Crippen molar-refractivity contribution in [2.45, 2.75) is 12.8 Å². The third-order valence-corrected chi connectivity index (χ3v) is 8.98. The van der Waals surface area contributed by atoms with E-state index in [1.54, 1.807) is 36.4 Å². The Morgan fingerprint density at radius 1 is 0.400 bits per heavy atom. The fraction of sp³-hybridized carbons (Fsp3) is 0.115. The quantitative estimate of drug-likeness (QED) is 0.163. The minimum absolute atomic E-state index is 0. The van der Waals surface area contributed by atoms with Crippen molar-refractivity contribution in [2.24, 2.45) is 0 Å². The van der Waals surface area contributed by atoms with Crippen molar-refractivity contribution in [3.05, 3.63) is 194 Å². The Morgan fingerprint density at radius 2 is 0.667 bits per heavy atom. The molecule has 0 saturated carbocycles. The first kappa shape index (κ1) is 49.0. The molecule has 0 aliphatic heterocycles. The summed E-state index contributed by atoms with van der Waals surface area (Å²) in [6.45, 7) is 0. The van der Waals surface area contributed by atoms with Crippen LogP contribution in [0.5, 0.6) is 34.5 Å². The van der Waals surface area contributed by atoms with Crippen LogP contribution >= 0.6 is 0 Å². The third kappa shape index (κ3) is 13.8. The molecule has 0 bridgehead atoms.